The lowest BCUT2D eigenvalue weighted by molar-refractivity contribution is -0.122. The molecule has 0 saturated carbocycles. The lowest BCUT2D eigenvalue weighted by Gasteiger charge is -2.35. The van der Waals surface area contributed by atoms with Crippen molar-refractivity contribution in [1.82, 2.24) is 0 Å². The number of carbonyl (C=O) groups excluding carboxylic acids is 4. The summed E-state index contributed by atoms with van der Waals surface area (Å²) in [5.74, 6) is -1.86. The molecule has 0 saturated heterocycles. The molecule has 1 heterocycles. The first-order chi connectivity index (χ1) is 16.0. The Hall–Kier alpha value is -4.06. The van der Waals surface area contributed by atoms with E-state index in [1.165, 1.54) is 12.1 Å². The molecule has 0 spiro atoms. The number of ether oxygens (including phenoxy) is 1. The molecule has 5 rings (SSSR count). The number of ketones is 2. The topological polar surface area (TPSA) is 80.8 Å². The highest BCUT2D eigenvalue weighted by atomic mass is 16.5. The molecule has 1 atom stereocenters. The molecule has 6 heteroatoms. The van der Waals surface area contributed by atoms with Crippen LogP contribution in [-0.4, -0.2) is 36.1 Å². The summed E-state index contributed by atoms with van der Waals surface area (Å²) in [6.07, 6.45) is 1.70. The van der Waals surface area contributed by atoms with Gasteiger partial charge in [-0.25, -0.2) is 4.79 Å². The lowest BCUT2D eigenvalue weighted by Crippen LogP contribution is -2.44. The molecule has 6 nitrogen and oxygen atoms in total. The number of amides is 1. The number of fused-ring (bicyclic) bond motifs is 3. The zero-order valence-electron chi connectivity index (χ0n) is 18.0. The first-order valence-corrected chi connectivity index (χ1v) is 10.9. The Kier molecular flexibility index (Phi) is 5.13. The molecule has 164 valence electrons. The summed E-state index contributed by atoms with van der Waals surface area (Å²) < 4.78 is 5.35. The van der Waals surface area contributed by atoms with Gasteiger partial charge in [-0.15, -0.1) is 0 Å². The number of aryl methyl sites for hydroxylation is 1. The maximum atomic E-state index is 13.1. The fourth-order valence-corrected chi connectivity index (χ4v) is 4.66. The van der Waals surface area contributed by atoms with E-state index in [0.717, 1.165) is 24.1 Å². The smallest absolute Gasteiger partial charge is 0.339 e. The highest BCUT2D eigenvalue weighted by molar-refractivity contribution is 6.30. The number of hydrogen-bond acceptors (Lipinski definition) is 5. The van der Waals surface area contributed by atoms with E-state index in [-0.39, 0.29) is 40.0 Å². The second-order valence-electron chi connectivity index (χ2n) is 8.29. The summed E-state index contributed by atoms with van der Waals surface area (Å²) in [5.41, 5.74) is 2.65. The van der Waals surface area contributed by atoms with E-state index >= 15 is 0 Å². The molecular formula is C27H21NO5. The highest BCUT2D eigenvalue weighted by Gasteiger charge is 2.34. The van der Waals surface area contributed by atoms with Crippen LogP contribution in [0.15, 0.2) is 66.7 Å². The van der Waals surface area contributed by atoms with Crippen molar-refractivity contribution in [2.24, 2.45) is 0 Å². The molecule has 0 fully saturated rings. The van der Waals surface area contributed by atoms with Crippen LogP contribution in [0, 0.1) is 0 Å². The van der Waals surface area contributed by atoms with Crippen LogP contribution in [0.4, 0.5) is 5.69 Å². The van der Waals surface area contributed by atoms with E-state index in [2.05, 4.69) is 0 Å². The lowest BCUT2D eigenvalue weighted by atomic mass is 9.82. The zero-order chi connectivity index (χ0) is 23.1. The number of esters is 1. The van der Waals surface area contributed by atoms with Crippen molar-refractivity contribution < 1.29 is 23.9 Å². The minimum absolute atomic E-state index is 0.0137. The third-order valence-electron chi connectivity index (χ3n) is 6.29. The zero-order valence-corrected chi connectivity index (χ0v) is 18.0. The van der Waals surface area contributed by atoms with Gasteiger partial charge in [-0.1, -0.05) is 54.6 Å². The van der Waals surface area contributed by atoms with Crippen LogP contribution >= 0.6 is 0 Å². The van der Waals surface area contributed by atoms with Gasteiger partial charge in [0.25, 0.3) is 5.91 Å². The molecule has 0 N–H and O–H groups in total. The number of anilines is 1. The summed E-state index contributed by atoms with van der Waals surface area (Å²) >= 11 is 0. The predicted octanol–water partition coefficient (Wildman–Crippen LogP) is 3.99. The molecule has 1 amide bonds. The summed E-state index contributed by atoms with van der Waals surface area (Å²) in [6, 6.07) is 18.7. The average molecular weight is 439 g/mol. The van der Waals surface area contributed by atoms with Crippen LogP contribution in [0.2, 0.25) is 0 Å². The Balaban J connectivity index is 1.40. The van der Waals surface area contributed by atoms with E-state index in [1.807, 2.05) is 31.2 Å². The Morgan fingerprint density at radius 3 is 2.33 bits per heavy atom. The van der Waals surface area contributed by atoms with Crippen LogP contribution < -0.4 is 4.90 Å². The monoisotopic (exact) mass is 439 g/mol. The van der Waals surface area contributed by atoms with Gasteiger partial charge in [0, 0.05) is 34.0 Å². The highest BCUT2D eigenvalue weighted by Crippen LogP contribution is 2.32. The van der Waals surface area contributed by atoms with Crippen molar-refractivity contribution in [3.63, 3.8) is 0 Å². The molecule has 0 aromatic heterocycles. The van der Waals surface area contributed by atoms with E-state index in [1.54, 1.807) is 35.2 Å². The molecule has 3 aromatic rings. The first-order valence-electron chi connectivity index (χ1n) is 10.9. The largest absolute Gasteiger partial charge is 0.452 e. The number of rotatable bonds is 3. The van der Waals surface area contributed by atoms with Crippen LogP contribution in [0.3, 0.4) is 0 Å². The molecule has 0 bridgehead atoms. The second kappa shape index (κ2) is 8.13. The van der Waals surface area contributed by atoms with Gasteiger partial charge in [0.1, 0.15) is 0 Å². The van der Waals surface area contributed by atoms with Crippen LogP contribution in [0.5, 0.6) is 0 Å². The fourth-order valence-electron chi connectivity index (χ4n) is 4.66. The molecular weight excluding hydrogens is 418 g/mol. The normalized spacial score (nSPS) is 16.5. The Morgan fingerprint density at radius 2 is 1.55 bits per heavy atom. The predicted molar refractivity (Wildman–Crippen MR) is 122 cm³/mol. The van der Waals surface area contributed by atoms with Crippen molar-refractivity contribution in [2.45, 2.75) is 25.8 Å². The van der Waals surface area contributed by atoms with Gasteiger partial charge in [-0.05, 0) is 37.5 Å². The van der Waals surface area contributed by atoms with E-state index in [4.69, 9.17) is 4.74 Å². The van der Waals surface area contributed by atoms with Crippen LogP contribution in [-0.2, 0) is 16.0 Å². The Labute approximate surface area is 190 Å². The molecule has 33 heavy (non-hydrogen) atoms. The maximum absolute atomic E-state index is 13.1. The van der Waals surface area contributed by atoms with Crippen LogP contribution in [0.25, 0.3) is 0 Å². The Morgan fingerprint density at radius 1 is 0.879 bits per heavy atom. The first kappa shape index (κ1) is 20.8. The summed E-state index contributed by atoms with van der Waals surface area (Å²) in [6.45, 7) is 1.50. The third kappa shape index (κ3) is 3.44. The van der Waals surface area contributed by atoms with Crippen molar-refractivity contribution in [3.8, 4) is 0 Å². The molecule has 2 aliphatic rings. The number of hydrogen-bond donors (Lipinski definition) is 0. The van der Waals surface area contributed by atoms with Gasteiger partial charge in [0.15, 0.2) is 18.2 Å². The van der Waals surface area contributed by atoms with Crippen molar-refractivity contribution >= 4 is 29.1 Å². The molecule has 1 aliphatic heterocycles. The van der Waals surface area contributed by atoms with Crippen molar-refractivity contribution in [1.29, 1.82) is 0 Å². The minimum atomic E-state index is -0.807. The fraction of sp³-hybridized carbons (Fsp3) is 0.185. The summed E-state index contributed by atoms with van der Waals surface area (Å²) in [7, 11) is 0. The van der Waals surface area contributed by atoms with Crippen LogP contribution in [0.1, 0.15) is 61.1 Å². The Bertz CT molecular complexity index is 1330. The summed E-state index contributed by atoms with van der Waals surface area (Å²) in [4.78, 5) is 53.6. The molecule has 1 unspecified atom stereocenters. The van der Waals surface area contributed by atoms with E-state index < -0.39 is 18.4 Å². The number of benzene rings is 3. The van der Waals surface area contributed by atoms with E-state index in [9.17, 15) is 19.2 Å². The number of carbonyl (C=O) groups is 4. The standard InChI is InChI=1S/C27H21NO5/c1-16-13-14-17-7-2-5-12-22(17)28(16)23(29)15-33-27(32)21-11-6-10-20-24(21)26(31)19-9-4-3-8-18(19)25(20)30/h2-12,16H,13-15H2,1H3. The number of para-hydroxylation sites is 1. The molecule has 0 radical (unpaired) electrons. The average Bonchev–Trinajstić information content (AvgIpc) is 2.85. The van der Waals surface area contributed by atoms with Gasteiger partial charge in [0.05, 0.1) is 5.56 Å². The van der Waals surface area contributed by atoms with Gasteiger partial charge in [-0.3, -0.25) is 14.4 Å². The minimum Gasteiger partial charge on any atom is -0.452 e. The van der Waals surface area contributed by atoms with E-state index in [0.29, 0.717) is 5.56 Å². The number of nitrogens with zero attached hydrogens (tertiary/aromatic N) is 1. The molecule has 1 aliphatic carbocycles. The summed E-state index contributed by atoms with van der Waals surface area (Å²) in [5, 5.41) is 0. The van der Waals surface area contributed by atoms with Crippen molar-refractivity contribution in [3.05, 3.63) is 100 Å². The second-order valence-corrected chi connectivity index (χ2v) is 8.29. The van der Waals surface area contributed by atoms with Gasteiger partial charge < -0.3 is 9.64 Å². The quantitative estimate of drug-likeness (QED) is 0.451. The van der Waals surface area contributed by atoms with Crippen molar-refractivity contribution in [2.75, 3.05) is 11.5 Å². The van der Waals surface area contributed by atoms with Gasteiger partial charge in [-0.2, -0.15) is 0 Å². The maximum Gasteiger partial charge on any atom is 0.339 e. The SMILES string of the molecule is CC1CCc2ccccc2N1C(=O)COC(=O)c1cccc2c1C(=O)c1ccccc1C2=O. The third-order valence-corrected chi connectivity index (χ3v) is 6.29. The molecule has 3 aromatic carbocycles. The van der Waals surface area contributed by atoms with Gasteiger partial charge >= 0.3 is 5.97 Å². The van der Waals surface area contributed by atoms with Gasteiger partial charge in [0.2, 0.25) is 0 Å².